The van der Waals surface area contributed by atoms with Gasteiger partial charge in [0, 0.05) is 36.4 Å². The summed E-state index contributed by atoms with van der Waals surface area (Å²) >= 11 is 0. The lowest BCUT2D eigenvalue weighted by atomic mass is 10.1. The number of nitrogens with zero attached hydrogens (tertiary/aromatic N) is 2. The average molecular weight is 457 g/mol. The minimum absolute atomic E-state index is 0.826. The molecule has 0 amide bonds. The van der Waals surface area contributed by atoms with Gasteiger partial charge < -0.3 is 8.83 Å². The zero-order chi connectivity index (χ0) is 23.6. The van der Waals surface area contributed by atoms with Crippen molar-refractivity contribution in [3.05, 3.63) is 72.4 Å². The van der Waals surface area contributed by atoms with Gasteiger partial charge in [0.2, 0.25) is 0 Å². The molecular formula is C30H36N2O2. The van der Waals surface area contributed by atoms with Crippen LogP contribution >= 0.6 is 0 Å². The Hall–Kier alpha value is -3.14. The summed E-state index contributed by atoms with van der Waals surface area (Å²) in [5.74, 6) is 3.86. The summed E-state index contributed by atoms with van der Waals surface area (Å²) in [6, 6.07) is 16.4. The number of pyridine rings is 2. The lowest BCUT2D eigenvalue weighted by Crippen LogP contribution is -1.89. The lowest BCUT2D eigenvalue weighted by molar-refractivity contribution is 0.505. The molecule has 0 aliphatic heterocycles. The van der Waals surface area contributed by atoms with E-state index >= 15 is 0 Å². The standard InChI is InChI=1S/C30H36N2O2/c1-3-5-7-9-11-25-13-15-29(33-25)23-17-19-31-27(21-23)28-22-24(18-20-32-28)30-16-14-26(34-30)12-10-8-6-4-2/h13-22H,3-12H2,1-2H3. The molecule has 0 unspecified atom stereocenters. The summed E-state index contributed by atoms with van der Waals surface area (Å²) in [7, 11) is 0. The van der Waals surface area contributed by atoms with Gasteiger partial charge in [-0.15, -0.1) is 0 Å². The van der Waals surface area contributed by atoms with E-state index in [9.17, 15) is 0 Å². The van der Waals surface area contributed by atoms with Gasteiger partial charge in [-0.25, -0.2) is 0 Å². The first-order valence-corrected chi connectivity index (χ1v) is 12.9. The molecule has 0 atom stereocenters. The number of rotatable bonds is 13. The molecule has 34 heavy (non-hydrogen) atoms. The highest BCUT2D eigenvalue weighted by molar-refractivity contribution is 5.69. The van der Waals surface area contributed by atoms with E-state index in [2.05, 4.69) is 48.1 Å². The van der Waals surface area contributed by atoms with Gasteiger partial charge in [-0.2, -0.15) is 0 Å². The van der Waals surface area contributed by atoms with Crippen LogP contribution in [0, 0.1) is 0 Å². The molecular weight excluding hydrogens is 420 g/mol. The zero-order valence-corrected chi connectivity index (χ0v) is 20.6. The second-order valence-electron chi connectivity index (χ2n) is 9.01. The van der Waals surface area contributed by atoms with Crippen LogP contribution in [-0.2, 0) is 12.8 Å². The van der Waals surface area contributed by atoms with Gasteiger partial charge in [0.25, 0.3) is 0 Å². The normalized spacial score (nSPS) is 11.2. The third kappa shape index (κ3) is 6.47. The van der Waals surface area contributed by atoms with Crippen LogP contribution in [0.4, 0.5) is 0 Å². The Morgan fingerprint density at radius 2 is 1.03 bits per heavy atom. The van der Waals surface area contributed by atoms with Gasteiger partial charge in [0.1, 0.15) is 23.0 Å². The predicted molar refractivity (Wildman–Crippen MR) is 139 cm³/mol. The number of unbranched alkanes of at least 4 members (excludes halogenated alkanes) is 6. The third-order valence-electron chi connectivity index (χ3n) is 6.23. The van der Waals surface area contributed by atoms with Crippen LogP contribution in [0.25, 0.3) is 34.0 Å². The molecule has 4 heteroatoms. The van der Waals surface area contributed by atoms with Crippen LogP contribution < -0.4 is 0 Å². The molecule has 0 saturated carbocycles. The van der Waals surface area contributed by atoms with Gasteiger partial charge in [0.05, 0.1) is 11.4 Å². The van der Waals surface area contributed by atoms with Crippen molar-refractivity contribution in [2.24, 2.45) is 0 Å². The monoisotopic (exact) mass is 456 g/mol. The van der Waals surface area contributed by atoms with Crippen LogP contribution in [0.15, 0.2) is 69.8 Å². The van der Waals surface area contributed by atoms with Crippen molar-refractivity contribution in [3.63, 3.8) is 0 Å². The van der Waals surface area contributed by atoms with Gasteiger partial charge in [-0.1, -0.05) is 52.4 Å². The van der Waals surface area contributed by atoms with Crippen LogP contribution in [0.1, 0.15) is 76.7 Å². The van der Waals surface area contributed by atoms with Crippen LogP contribution in [0.2, 0.25) is 0 Å². The van der Waals surface area contributed by atoms with Crippen molar-refractivity contribution < 1.29 is 8.83 Å². The highest BCUT2D eigenvalue weighted by atomic mass is 16.3. The fourth-order valence-electron chi connectivity index (χ4n) is 4.23. The van der Waals surface area contributed by atoms with Crippen molar-refractivity contribution in [1.29, 1.82) is 0 Å². The summed E-state index contributed by atoms with van der Waals surface area (Å²) in [6.45, 7) is 4.47. The van der Waals surface area contributed by atoms with E-state index in [1.807, 2.05) is 36.7 Å². The maximum Gasteiger partial charge on any atom is 0.134 e. The van der Waals surface area contributed by atoms with Gasteiger partial charge >= 0.3 is 0 Å². The fourth-order valence-corrected chi connectivity index (χ4v) is 4.23. The Morgan fingerprint density at radius 3 is 1.47 bits per heavy atom. The summed E-state index contributed by atoms with van der Waals surface area (Å²) in [4.78, 5) is 9.15. The Balaban J connectivity index is 1.46. The van der Waals surface area contributed by atoms with Crippen LogP contribution in [-0.4, -0.2) is 9.97 Å². The molecule has 0 aromatic carbocycles. The van der Waals surface area contributed by atoms with E-state index in [0.29, 0.717) is 0 Å². The van der Waals surface area contributed by atoms with Gasteiger partial charge in [0.15, 0.2) is 0 Å². The van der Waals surface area contributed by atoms with Crippen molar-refractivity contribution in [3.8, 4) is 34.0 Å². The molecule has 178 valence electrons. The maximum atomic E-state index is 6.12. The Kier molecular flexibility index (Phi) is 8.72. The summed E-state index contributed by atoms with van der Waals surface area (Å²) in [5, 5.41) is 0. The Labute approximate surface area is 203 Å². The number of furan rings is 2. The fraction of sp³-hybridized carbons (Fsp3) is 0.400. The minimum Gasteiger partial charge on any atom is -0.461 e. The van der Waals surface area contributed by atoms with Gasteiger partial charge in [-0.3, -0.25) is 9.97 Å². The summed E-state index contributed by atoms with van der Waals surface area (Å²) in [6.07, 6.45) is 15.5. The molecule has 0 radical (unpaired) electrons. The molecule has 0 bridgehead atoms. The van der Waals surface area contributed by atoms with E-state index in [0.717, 1.165) is 58.4 Å². The van der Waals surface area contributed by atoms with E-state index in [1.165, 1.54) is 51.4 Å². The van der Waals surface area contributed by atoms with Gasteiger partial charge in [-0.05, 0) is 61.4 Å². The zero-order valence-electron chi connectivity index (χ0n) is 20.6. The second-order valence-corrected chi connectivity index (χ2v) is 9.01. The van der Waals surface area contributed by atoms with Crippen molar-refractivity contribution in [1.82, 2.24) is 9.97 Å². The largest absolute Gasteiger partial charge is 0.461 e. The first-order valence-electron chi connectivity index (χ1n) is 12.9. The molecule has 4 rings (SSSR count). The Morgan fingerprint density at radius 1 is 0.559 bits per heavy atom. The molecule has 0 saturated heterocycles. The quantitative estimate of drug-likeness (QED) is 0.188. The van der Waals surface area contributed by atoms with E-state index in [-0.39, 0.29) is 0 Å². The van der Waals surface area contributed by atoms with Crippen molar-refractivity contribution in [2.45, 2.75) is 78.1 Å². The topological polar surface area (TPSA) is 52.1 Å². The van der Waals surface area contributed by atoms with Crippen molar-refractivity contribution >= 4 is 0 Å². The first-order chi connectivity index (χ1) is 16.8. The van der Waals surface area contributed by atoms with Crippen LogP contribution in [0.5, 0.6) is 0 Å². The molecule has 0 N–H and O–H groups in total. The number of aromatic nitrogens is 2. The summed E-state index contributed by atoms with van der Waals surface area (Å²) in [5.41, 5.74) is 3.69. The number of hydrogen-bond acceptors (Lipinski definition) is 4. The highest BCUT2D eigenvalue weighted by Gasteiger charge is 2.11. The van der Waals surface area contributed by atoms with E-state index < -0.39 is 0 Å². The predicted octanol–water partition coefficient (Wildman–Crippen LogP) is 8.91. The minimum atomic E-state index is 0.826. The molecule has 0 fully saturated rings. The molecule has 4 heterocycles. The maximum absolute atomic E-state index is 6.12. The molecule has 0 spiro atoms. The highest BCUT2D eigenvalue weighted by Crippen LogP contribution is 2.29. The second kappa shape index (κ2) is 12.4. The number of aryl methyl sites for hydroxylation is 2. The van der Waals surface area contributed by atoms with E-state index in [4.69, 9.17) is 8.83 Å². The van der Waals surface area contributed by atoms with Crippen LogP contribution in [0.3, 0.4) is 0 Å². The number of hydrogen-bond donors (Lipinski definition) is 0. The molecule has 4 aromatic rings. The Bertz CT molecular complexity index is 1070. The first kappa shape index (κ1) is 24.0. The average Bonchev–Trinajstić information content (AvgIpc) is 3.55. The lowest BCUT2D eigenvalue weighted by Gasteiger charge is -2.05. The molecule has 0 aliphatic rings. The third-order valence-corrected chi connectivity index (χ3v) is 6.23. The SMILES string of the molecule is CCCCCCc1ccc(-c2ccnc(-c3cc(-c4ccc(CCCCCC)o4)ccn3)c2)o1. The molecule has 4 nitrogen and oxygen atoms in total. The molecule has 4 aromatic heterocycles. The van der Waals surface area contributed by atoms with E-state index in [1.54, 1.807) is 0 Å². The van der Waals surface area contributed by atoms with Crippen molar-refractivity contribution in [2.75, 3.05) is 0 Å². The smallest absolute Gasteiger partial charge is 0.134 e. The summed E-state index contributed by atoms with van der Waals surface area (Å²) < 4.78 is 12.2. The molecule has 0 aliphatic carbocycles.